The van der Waals surface area contributed by atoms with Crippen molar-refractivity contribution in [2.45, 2.75) is 27.2 Å². The normalized spacial score (nSPS) is 9.93. The zero-order valence-corrected chi connectivity index (χ0v) is 9.53. The van der Waals surface area contributed by atoms with E-state index in [1.165, 1.54) is 0 Å². The third kappa shape index (κ3) is 22.4. The van der Waals surface area contributed by atoms with Gasteiger partial charge in [0.2, 0.25) is 0 Å². The van der Waals surface area contributed by atoms with E-state index in [-0.39, 0.29) is 0 Å². The Hall–Kier alpha value is -1.02. The van der Waals surface area contributed by atoms with Gasteiger partial charge in [0.25, 0.3) is 0 Å². The molecule has 0 aliphatic rings. The minimum atomic E-state index is 0.844. The minimum absolute atomic E-state index is 0.844. The van der Waals surface area contributed by atoms with Crippen molar-refractivity contribution in [3.63, 3.8) is 0 Å². The largest absolute Gasteiger partial charge is 0.473 e. The van der Waals surface area contributed by atoms with Gasteiger partial charge in [-0.3, -0.25) is 0 Å². The van der Waals surface area contributed by atoms with E-state index < -0.39 is 0 Å². The van der Waals surface area contributed by atoms with E-state index in [0.717, 1.165) is 19.6 Å². The fraction of sp³-hybridized carbons (Fsp3) is 0.500. The lowest BCUT2D eigenvalue weighted by molar-refractivity contribution is 0.162. The molecule has 0 atom stereocenters. The minimum Gasteiger partial charge on any atom is -0.473 e. The van der Waals surface area contributed by atoms with E-state index in [4.69, 9.17) is 9.47 Å². The first-order chi connectivity index (χ1) is 6.83. The molecular weight excluding hydrogens is 176 g/mol. The summed E-state index contributed by atoms with van der Waals surface area (Å²) >= 11 is 0. The van der Waals surface area contributed by atoms with Gasteiger partial charge in [-0.2, -0.15) is 0 Å². The van der Waals surface area contributed by atoms with Crippen LogP contribution < -0.4 is 0 Å². The van der Waals surface area contributed by atoms with Crippen LogP contribution in [0.2, 0.25) is 0 Å². The highest BCUT2D eigenvalue weighted by Crippen LogP contribution is 1.83. The first-order valence-corrected chi connectivity index (χ1v) is 4.99. The van der Waals surface area contributed by atoms with Gasteiger partial charge in [-0.1, -0.05) is 19.6 Å². The second-order valence-electron chi connectivity index (χ2n) is 2.26. The zero-order valence-electron chi connectivity index (χ0n) is 9.53. The molecule has 0 aliphatic heterocycles. The molecule has 0 bridgehead atoms. The summed E-state index contributed by atoms with van der Waals surface area (Å²) in [5, 5.41) is 0. The van der Waals surface area contributed by atoms with Crippen molar-refractivity contribution in [1.82, 2.24) is 0 Å². The Morgan fingerprint density at radius 2 is 1.71 bits per heavy atom. The summed E-state index contributed by atoms with van der Waals surface area (Å²) in [6, 6.07) is 0. The average molecular weight is 198 g/mol. The summed E-state index contributed by atoms with van der Waals surface area (Å²) in [6.45, 7) is 11.2. The molecule has 0 radical (unpaired) electrons. The number of rotatable bonds is 6. The van der Waals surface area contributed by atoms with Crippen LogP contribution in [-0.4, -0.2) is 13.2 Å². The highest BCUT2D eigenvalue weighted by Gasteiger charge is 1.64. The van der Waals surface area contributed by atoms with Crippen molar-refractivity contribution in [3.05, 3.63) is 37.3 Å². The van der Waals surface area contributed by atoms with Crippen LogP contribution in [0.4, 0.5) is 0 Å². The van der Waals surface area contributed by atoms with Crippen molar-refractivity contribution in [1.29, 1.82) is 0 Å². The Labute approximate surface area is 87.9 Å². The molecule has 0 aromatic heterocycles. The third-order valence-corrected chi connectivity index (χ3v) is 1.11. The monoisotopic (exact) mass is 198 g/mol. The quantitative estimate of drug-likeness (QED) is 0.479. The van der Waals surface area contributed by atoms with Crippen molar-refractivity contribution in [2.24, 2.45) is 0 Å². The van der Waals surface area contributed by atoms with E-state index in [0.29, 0.717) is 0 Å². The van der Waals surface area contributed by atoms with Crippen molar-refractivity contribution < 1.29 is 9.47 Å². The van der Waals surface area contributed by atoms with Crippen molar-refractivity contribution >= 4 is 0 Å². The van der Waals surface area contributed by atoms with Gasteiger partial charge in [0.05, 0.1) is 12.5 Å². The maximum absolute atomic E-state index is 4.88. The number of ether oxygens (including phenoxy) is 2. The van der Waals surface area contributed by atoms with Gasteiger partial charge in [-0.25, -0.2) is 0 Å². The highest BCUT2D eigenvalue weighted by molar-refractivity contribution is 4.93. The first-order valence-electron chi connectivity index (χ1n) is 4.99. The van der Waals surface area contributed by atoms with E-state index in [2.05, 4.69) is 13.5 Å². The molecule has 0 fully saturated rings. The van der Waals surface area contributed by atoms with Crippen LogP contribution in [0, 0.1) is 0 Å². The summed E-state index contributed by atoms with van der Waals surface area (Å²) in [5.74, 6) is 0. The summed E-state index contributed by atoms with van der Waals surface area (Å²) < 4.78 is 9.72. The molecule has 2 nitrogen and oxygen atoms in total. The lowest BCUT2D eigenvalue weighted by Crippen LogP contribution is -1.84. The van der Waals surface area contributed by atoms with Crippen molar-refractivity contribution in [3.8, 4) is 0 Å². The van der Waals surface area contributed by atoms with Gasteiger partial charge in [0, 0.05) is 13.2 Å². The molecule has 0 heterocycles. The summed E-state index contributed by atoms with van der Waals surface area (Å²) in [7, 11) is 0. The zero-order chi connectivity index (χ0) is 11.1. The van der Waals surface area contributed by atoms with Crippen LogP contribution in [0.3, 0.4) is 0 Å². The third-order valence-electron chi connectivity index (χ3n) is 1.11. The molecule has 0 aromatic carbocycles. The second-order valence-corrected chi connectivity index (χ2v) is 2.26. The molecule has 0 aromatic rings. The van der Waals surface area contributed by atoms with E-state index in [9.17, 15) is 0 Å². The fourth-order valence-electron chi connectivity index (χ4n) is 0.502. The lowest BCUT2D eigenvalue weighted by Gasteiger charge is -1.86. The molecule has 0 rings (SSSR count). The molecule has 0 N–H and O–H groups in total. The van der Waals surface area contributed by atoms with Crippen molar-refractivity contribution in [2.75, 3.05) is 13.2 Å². The smallest absolute Gasteiger partial charge is 0.0901 e. The predicted molar refractivity (Wildman–Crippen MR) is 62.0 cm³/mol. The molecule has 0 spiro atoms. The molecule has 14 heavy (non-hydrogen) atoms. The predicted octanol–water partition coefficient (Wildman–Crippen LogP) is 3.67. The summed E-state index contributed by atoms with van der Waals surface area (Å²) in [5.41, 5.74) is 0. The Morgan fingerprint density at radius 3 is 2.07 bits per heavy atom. The van der Waals surface area contributed by atoms with Gasteiger partial charge < -0.3 is 9.47 Å². The standard InChI is InChI=1S/C8H12O.C4H10O/c1-3-5-7-9-8-6-4-2;1-3-5-4-2/h3,5-8H,1,4H2,2H3;3-4H2,1-2H3/b7-5+,8-6+;. The molecule has 0 aliphatic carbocycles. The Balaban J connectivity index is 0. The van der Waals surface area contributed by atoms with Crippen LogP contribution >= 0.6 is 0 Å². The van der Waals surface area contributed by atoms with Gasteiger partial charge in [0.1, 0.15) is 0 Å². The summed E-state index contributed by atoms with van der Waals surface area (Å²) in [4.78, 5) is 0. The van der Waals surface area contributed by atoms with Gasteiger partial charge >= 0.3 is 0 Å². The van der Waals surface area contributed by atoms with E-state index >= 15 is 0 Å². The average Bonchev–Trinajstić information content (AvgIpc) is 2.20. The van der Waals surface area contributed by atoms with Gasteiger partial charge in [-0.15, -0.1) is 0 Å². The molecule has 0 amide bonds. The Kier molecular flexibility index (Phi) is 19.8. The van der Waals surface area contributed by atoms with Crippen LogP contribution in [0.25, 0.3) is 0 Å². The highest BCUT2D eigenvalue weighted by atomic mass is 16.5. The molecular formula is C12H22O2. The SMILES string of the molecule is C=C/C=C/O/C=C/CC.CCOCC. The van der Waals surface area contributed by atoms with Crippen LogP contribution in [0.1, 0.15) is 27.2 Å². The maximum Gasteiger partial charge on any atom is 0.0901 e. The molecule has 0 unspecified atom stereocenters. The summed E-state index contributed by atoms with van der Waals surface area (Å²) in [6.07, 6.45) is 9.58. The van der Waals surface area contributed by atoms with Crippen LogP contribution in [0.15, 0.2) is 37.3 Å². The molecule has 82 valence electrons. The number of hydrogen-bond donors (Lipinski definition) is 0. The lowest BCUT2D eigenvalue weighted by atomic mass is 10.5. The maximum atomic E-state index is 4.88. The fourth-order valence-corrected chi connectivity index (χ4v) is 0.502. The molecule has 2 heteroatoms. The van der Waals surface area contributed by atoms with Gasteiger partial charge in [0.15, 0.2) is 0 Å². The molecule has 0 saturated heterocycles. The number of allylic oxidation sites excluding steroid dienone is 3. The topological polar surface area (TPSA) is 18.5 Å². The first kappa shape index (κ1) is 15.5. The second kappa shape index (κ2) is 17.9. The Bertz CT molecular complexity index is 146. The number of hydrogen-bond acceptors (Lipinski definition) is 2. The van der Waals surface area contributed by atoms with E-state index in [1.807, 2.05) is 19.9 Å². The van der Waals surface area contributed by atoms with Crippen LogP contribution in [0.5, 0.6) is 0 Å². The molecule has 0 saturated carbocycles. The van der Waals surface area contributed by atoms with Gasteiger partial charge in [-0.05, 0) is 32.4 Å². The van der Waals surface area contributed by atoms with Crippen LogP contribution in [-0.2, 0) is 9.47 Å². The van der Waals surface area contributed by atoms with E-state index in [1.54, 1.807) is 24.7 Å². The Morgan fingerprint density at radius 1 is 1.07 bits per heavy atom.